The summed E-state index contributed by atoms with van der Waals surface area (Å²) in [5, 5.41) is 3.10. The zero-order valence-corrected chi connectivity index (χ0v) is 19.7. The molecule has 1 N–H and O–H groups in total. The van der Waals surface area contributed by atoms with Crippen molar-refractivity contribution in [3.8, 4) is 5.75 Å². The number of ether oxygens (including phenoxy) is 2. The van der Waals surface area contributed by atoms with Gasteiger partial charge in [-0.3, -0.25) is 4.79 Å². The van der Waals surface area contributed by atoms with Crippen LogP contribution in [0.3, 0.4) is 0 Å². The predicted octanol–water partition coefficient (Wildman–Crippen LogP) is 5.65. The van der Waals surface area contributed by atoms with E-state index in [1.807, 2.05) is 24.3 Å². The van der Waals surface area contributed by atoms with Gasteiger partial charge < -0.3 is 19.7 Å². The van der Waals surface area contributed by atoms with E-state index >= 15 is 0 Å². The van der Waals surface area contributed by atoms with Gasteiger partial charge in [-0.25, -0.2) is 0 Å². The first kappa shape index (κ1) is 24.1. The quantitative estimate of drug-likeness (QED) is 0.488. The molecule has 1 aromatic rings. The van der Waals surface area contributed by atoms with E-state index in [-0.39, 0.29) is 5.91 Å². The van der Waals surface area contributed by atoms with Crippen LogP contribution in [-0.4, -0.2) is 49.3 Å². The highest BCUT2D eigenvalue weighted by Gasteiger charge is 2.42. The van der Waals surface area contributed by atoms with Gasteiger partial charge in [0.2, 0.25) is 0 Å². The summed E-state index contributed by atoms with van der Waals surface area (Å²) in [6, 6.07) is 7.76. The number of nitrogens with zero attached hydrogens (tertiary/aromatic N) is 1. The molecule has 2 fully saturated rings. The second-order valence-corrected chi connectivity index (χ2v) is 9.48. The number of carbonyl (C=O) groups is 1. The highest BCUT2D eigenvalue weighted by molar-refractivity contribution is 5.97. The maximum Gasteiger partial charge on any atom is 0.256 e. The number of likely N-dealkylation sites (tertiary alicyclic amines) is 1. The normalized spacial score (nSPS) is 25.0. The number of hydrogen-bond acceptors (Lipinski definition) is 4. The first-order valence-electron chi connectivity index (χ1n) is 12.5. The first-order valence-corrected chi connectivity index (χ1v) is 12.5. The van der Waals surface area contributed by atoms with Gasteiger partial charge in [0.25, 0.3) is 5.91 Å². The Labute approximate surface area is 188 Å². The SMILES string of the molecule is CCCO[C@]1(C(=O)Nc2ccc(OCCCN3CCCCCC3)cc2)CCC[C@@H](C)C1. The van der Waals surface area contributed by atoms with Crippen LogP contribution in [0.15, 0.2) is 24.3 Å². The van der Waals surface area contributed by atoms with Crippen molar-refractivity contribution < 1.29 is 14.3 Å². The number of carbonyl (C=O) groups excluding carboxylic acids is 1. The lowest BCUT2D eigenvalue weighted by Gasteiger charge is -2.38. The van der Waals surface area contributed by atoms with Gasteiger partial charge in [-0.05, 0) is 88.2 Å². The Morgan fingerprint density at radius 1 is 1.10 bits per heavy atom. The second kappa shape index (κ2) is 12.4. The van der Waals surface area contributed by atoms with Gasteiger partial charge >= 0.3 is 0 Å². The summed E-state index contributed by atoms with van der Waals surface area (Å²) >= 11 is 0. The van der Waals surface area contributed by atoms with Crippen molar-refractivity contribution in [2.75, 3.05) is 38.2 Å². The van der Waals surface area contributed by atoms with Crippen molar-refractivity contribution in [3.63, 3.8) is 0 Å². The van der Waals surface area contributed by atoms with Gasteiger partial charge in [0, 0.05) is 18.8 Å². The molecule has 0 unspecified atom stereocenters. The molecule has 1 amide bonds. The van der Waals surface area contributed by atoms with Crippen LogP contribution in [0.1, 0.15) is 78.1 Å². The van der Waals surface area contributed by atoms with E-state index in [4.69, 9.17) is 9.47 Å². The number of nitrogens with one attached hydrogen (secondary N) is 1. The zero-order chi connectivity index (χ0) is 21.9. The molecule has 0 aromatic heterocycles. The summed E-state index contributed by atoms with van der Waals surface area (Å²) in [6.07, 6.45) is 11.2. The largest absolute Gasteiger partial charge is 0.494 e. The molecule has 1 aromatic carbocycles. The molecule has 1 heterocycles. The minimum atomic E-state index is -0.684. The van der Waals surface area contributed by atoms with Crippen LogP contribution in [-0.2, 0) is 9.53 Å². The van der Waals surface area contributed by atoms with Gasteiger partial charge in [-0.1, -0.05) is 33.1 Å². The predicted molar refractivity (Wildman–Crippen MR) is 127 cm³/mol. The van der Waals surface area contributed by atoms with E-state index in [2.05, 4.69) is 24.1 Å². The lowest BCUT2D eigenvalue weighted by molar-refractivity contribution is -0.148. The molecule has 1 saturated carbocycles. The fourth-order valence-corrected chi connectivity index (χ4v) is 4.92. The van der Waals surface area contributed by atoms with E-state index in [0.717, 1.165) is 56.7 Å². The molecule has 1 saturated heterocycles. The van der Waals surface area contributed by atoms with Crippen LogP contribution in [0.5, 0.6) is 5.75 Å². The Balaban J connectivity index is 1.45. The minimum Gasteiger partial charge on any atom is -0.494 e. The summed E-state index contributed by atoms with van der Waals surface area (Å²) in [6.45, 7) is 9.25. The Hall–Kier alpha value is -1.59. The standard InChI is InChI=1S/C26H42N2O3/c1-3-19-31-26(15-8-10-22(2)21-26)25(29)27-23-11-13-24(14-12-23)30-20-9-18-28-16-6-4-5-7-17-28/h11-14,22H,3-10,15-21H2,1-2H3,(H,27,29)/t22-,26-/m1/s1. The summed E-state index contributed by atoms with van der Waals surface area (Å²) in [7, 11) is 0. The molecular weight excluding hydrogens is 388 g/mol. The number of benzene rings is 1. The third kappa shape index (κ3) is 7.50. The monoisotopic (exact) mass is 430 g/mol. The average molecular weight is 431 g/mol. The molecule has 0 spiro atoms. The van der Waals surface area contributed by atoms with E-state index in [0.29, 0.717) is 12.5 Å². The Morgan fingerprint density at radius 2 is 1.84 bits per heavy atom. The molecule has 0 bridgehead atoms. The average Bonchev–Trinajstić information content (AvgIpc) is 3.05. The molecule has 2 atom stereocenters. The van der Waals surface area contributed by atoms with Crippen molar-refractivity contribution >= 4 is 11.6 Å². The first-order chi connectivity index (χ1) is 15.1. The summed E-state index contributed by atoms with van der Waals surface area (Å²) in [4.78, 5) is 15.7. The molecule has 174 valence electrons. The minimum absolute atomic E-state index is 0.00128. The van der Waals surface area contributed by atoms with Crippen LogP contribution >= 0.6 is 0 Å². The zero-order valence-electron chi connectivity index (χ0n) is 19.7. The second-order valence-electron chi connectivity index (χ2n) is 9.48. The third-order valence-electron chi connectivity index (χ3n) is 6.65. The number of amides is 1. The number of rotatable bonds is 10. The van der Waals surface area contributed by atoms with E-state index in [9.17, 15) is 4.79 Å². The van der Waals surface area contributed by atoms with Crippen molar-refractivity contribution in [3.05, 3.63) is 24.3 Å². The van der Waals surface area contributed by atoms with Crippen LogP contribution in [0.2, 0.25) is 0 Å². The molecule has 1 aliphatic heterocycles. The summed E-state index contributed by atoms with van der Waals surface area (Å²) in [5.41, 5.74) is 0.121. The van der Waals surface area contributed by atoms with Crippen LogP contribution < -0.4 is 10.1 Å². The van der Waals surface area contributed by atoms with Crippen LogP contribution in [0.4, 0.5) is 5.69 Å². The Morgan fingerprint density at radius 3 is 2.52 bits per heavy atom. The molecular formula is C26H42N2O3. The van der Waals surface area contributed by atoms with Crippen molar-refractivity contribution in [2.24, 2.45) is 5.92 Å². The smallest absolute Gasteiger partial charge is 0.256 e. The lowest BCUT2D eigenvalue weighted by atomic mass is 9.78. The van der Waals surface area contributed by atoms with Gasteiger partial charge in [0.1, 0.15) is 11.4 Å². The van der Waals surface area contributed by atoms with E-state index < -0.39 is 5.60 Å². The van der Waals surface area contributed by atoms with Crippen molar-refractivity contribution in [2.45, 2.75) is 83.7 Å². The fourth-order valence-electron chi connectivity index (χ4n) is 4.92. The molecule has 3 rings (SSSR count). The van der Waals surface area contributed by atoms with Gasteiger partial charge in [-0.15, -0.1) is 0 Å². The highest BCUT2D eigenvalue weighted by Crippen LogP contribution is 2.36. The van der Waals surface area contributed by atoms with Gasteiger partial charge in [0.05, 0.1) is 6.61 Å². The summed E-state index contributed by atoms with van der Waals surface area (Å²) < 4.78 is 12.1. The molecule has 0 radical (unpaired) electrons. The van der Waals surface area contributed by atoms with Crippen LogP contribution in [0, 0.1) is 5.92 Å². The van der Waals surface area contributed by atoms with E-state index in [1.165, 1.54) is 45.2 Å². The van der Waals surface area contributed by atoms with E-state index in [1.54, 1.807) is 0 Å². The number of hydrogen-bond donors (Lipinski definition) is 1. The molecule has 1 aliphatic carbocycles. The summed E-state index contributed by atoms with van der Waals surface area (Å²) in [5.74, 6) is 1.37. The maximum absolute atomic E-state index is 13.1. The third-order valence-corrected chi connectivity index (χ3v) is 6.65. The van der Waals surface area contributed by atoms with Gasteiger partial charge in [0.15, 0.2) is 0 Å². The van der Waals surface area contributed by atoms with Crippen LogP contribution in [0.25, 0.3) is 0 Å². The molecule has 31 heavy (non-hydrogen) atoms. The molecule has 2 aliphatic rings. The maximum atomic E-state index is 13.1. The lowest BCUT2D eigenvalue weighted by Crippen LogP contribution is -2.48. The molecule has 5 nitrogen and oxygen atoms in total. The van der Waals surface area contributed by atoms with Crippen molar-refractivity contribution in [1.82, 2.24) is 4.90 Å². The molecule has 5 heteroatoms. The Bertz CT molecular complexity index is 655. The Kier molecular flexibility index (Phi) is 9.66. The fraction of sp³-hybridized carbons (Fsp3) is 0.731. The number of anilines is 1. The topological polar surface area (TPSA) is 50.8 Å². The van der Waals surface area contributed by atoms with Gasteiger partial charge in [-0.2, -0.15) is 0 Å². The van der Waals surface area contributed by atoms with Crippen molar-refractivity contribution in [1.29, 1.82) is 0 Å². The highest BCUT2D eigenvalue weighted by atomic mass is 16.5.